The molecule has 1 heterocycles. The van der Waals surface area contributed by atoms with Gasteiger partial charge in [0.2, 0.25) is 0 Å². The van der Waals surface area contributed by atoms with Crippen LogP contribution in [-0.4, -0.2) is 16.1 Å². The van der Waals surface area contributed by atoms with Crippen LogP contribution in [0.4, 0.5) is 0 Å². The molecule has 0 bridgehead atoms. The fourth-order valence-electron chi connectivity index (χ4n) is 1.37. The van der Waals surface area contributed by atoms with Gasteiger partial charge in [0.1, 0.15) is 5.15 Å². The molecule has 1 aromatic rings. The summed E-state index contributed by atoms with van der Waals surface area (Å²) in [5.41, 5.74) is 0.815. The fourth-order valence-corrected chi connectivity index (χ4v) is 1.47. The summed E-state index contributed by atoms with van der Waals surface area (Å²) < 4.78 is 5.63. The van der Waals surface area contributed by atoms with Gasteiger partial charge in [-0.05, 0) is 19.3 Å². The smallest absolute Gasteiger partial charge is 0.147 e. The summed E-state index contributed by atoms with van der Waals surface area (Å²) in [5, 5.41) is 0.411. The largest absolute Gasteiger partial charge is 0.372 e. The molecule has 1 aromatic heterocycles. The van der Waals surface area contributed by atoms with E-state index in [-0.39, 0.29) is 6.10 Å². The van der Waals surface area contributed by atoms with Crippen molar-refractivity contribution in [2.75, 3.05) is 0 Å². The predicted molar refractivity (Wildman–Crippen MR) is 60.7 cm³/mol. The van der Waals surface area contributed by atoms with Crippen molar-refractivity contribution in [1.29, 1.82) is 0 Å². The normalized spacial score (nSPS) is 13.1. The predicted octanol–water partition coefficient (Wildman–Crippen LogP) is 3.08. The third kappa shape index (κ3) is 5.09. The van der Waals surface area contributed by atoms with Crippen LogP contribution in [0.15, 0.2) is 12.4 Å². The van der Waals surface area contributed by atoms with Crippen LogP contribution in [0.5, 0.6) is 0 Å². The molecule has 3 nitrogen and oxygen atoms in total. The highest BCUT2D eigenvalue weighted by atomic mass is 35.5. The maximum absolute atomic E-state index is 5.63. The summed E-state index contributed by atoms with van der Waals surface area (Å²) in [4.78, 5) is 8.05. The Hall–Kier alpha value is -0.670. The standard InChI is InChI=1S/C11H17ClN2O/c1-8(2)4-9(3)15-7-10-5-14-11(12)6-13-10/h5-6,8-9H,4,7H2,1-3H3. The van der Waals surface area contributed by atoms with Crippen LogP contribution in [-0.2, 0) is 11.3 Å². The first kappa shape index (κ1) is 12.4. The molecule has 15 heavy (non-hydrogen) atoms. The monoisotopic (exact) mass is 228 g/mol. The van der Waals surface area contributed by atoms with Crippen molar-refractivity contribution in [3.05, 3.63) is 23.2 Å². The molecule has 0 aliphatic heterocycles. The van der Waals surface area contributed by atoms with E-state index in [1.807, 2.05) is 0 Å². The molecule has 0 radical (unpaired) electrons. The van der Waals surface area contributed by atoms with E-state index in [0.717, 1.165) is 12.1 Å². The van der Waals surface area contributed by atoms with Crippen molar-refractivity contribution in [2.45, 2.75) is 39.9 Å². The lowest BCUT2D eigenvalue weighted by Crippen LogP contribution is -2.11. The minimum Gasteiger partial charge on any atom is -0.372 e. The Morgan fingerprint density at radius 1 is 1.27 bits per heavy atom. The van der Waals surface area contributed by atoms with E-state index in [1.165, 1.54) is 6.20 Å². The minimum atomic E-state index is 0.252. The van der Waals surface area contributed by atoms with E-state index in [9.17, 15) is 0 Å². The van der Waals surface area contributed by atoms with Gasteiger partial charge in [0.25, 0.3) is 0 Å². The molecular formula is C11H17ClN2O. The zero-order valence-corrected chi connectivity index (χ0v) is 10.2. The van der Waals surface area contributed by atoms with Crippen LogP contribution in [0.1, 0.15) is 32.9 Å². The summed E-state index contributed by atoms with van der Waals surface area (Å²) in [5.74, 6) is 0.649. The SMILES string of the molecule is CC(C)CC(C)OCc1cnc(Cl)cn1. The molecule has 1 atom stereocenters. The molecule has 1 unspecified atom stereocenters. The van der Waals surface area contributed by atoms with Gasteiger partial charge >= 0.3 is 0 Å². The number of nitrogens with zero attached hydrogens (tertiary/aromatic N) is 2. The first-order valence-corrected chi connectivity index (χ1v) is 5.53. The van der Waals surface area contributed by atoms with Crippen molar-refractivity contribution < 1.29 is 4.74 Å². The molecule has 1 rings (SSSR count). The molecule has 0 fully saturated rings. The molecule has 0 amide bonds. The summed E-state index contributed by atoms with van der Waals surface area (Å²) in [6.07, 6.45) is 4.49. The highest BCUT2D eigenvalue weighted by Crippen LogP contribution is 2.10. The minimum absolute atomic E-state index is 0.252. The zero-order valence-electron chi connectivity index (χ0n) is 9.40. The molecule has 84 valence electrons. The van der Waals surface area contributed by atoms with Crippen LogP contribution in [0.25, 0.3) is 0 Å². The summed E-state index contributed by atoms with van der Waals surface area (Å²) in [6.45, 7) is 6.94. The molecule has 0 saturated carbocycles. The Kier molecular flexibility index (Phi) is 4.99. The topological polar surface area (TPSA) is 35.0 Å². The van der Waals surface area contributed by atoms with Gasteiger partial charge in [0.15, 0.2) is 0 Å². The van der Waals surface area contributed by atoms with Gasteiger partial charge in [-0.2, -0.15) is 0 Å². The van der Waals surface area contributed by atoms with Crippen molar-refractivity contribution in [3.8, 4) is 0 Å². The van der Waals surface area contributed by atoms with Crippen molar-refractivity contribution >= 4 is 11.6 Å². The van der Waals surface area contributed by atoms with Gasteiger partial charge in [-0.1, -0.05) is 25.4 Å². The Bertz CT molecular complexity index is 287. The van der Waals surface area contributed by atoms with E-state index < -0.39 is 0 Å². The average molecular weight is 229 g/mol. The molecule has 0 saturated heterocycles. The number of halogens is 1. The van der Waals surface area contributed by atoms with Crippen LogP contribution in [0.2, 0.25) is 5.15 Å². The number of hydrogen-bond donors (Lipinski definition) is 0. The van der Waals surface area contributed by atoms with Crippen LogP contribution >= 0.6 is 11.6 Å². The summed E-state index contributed by atoms with van der Waals surface area (Å²) in [6, 6.07) is 0. The second kappa shape index (κ2) is 6.03. The van der Waals surface area contributed by atoms with E-state index in [1.54, 1.807) is 6.20 Å². The molecular weight excluding hydrogens is 212 g/mol. The van der Waals surface area contributed by atoms with Crippen LogP contribution in [0.3, 0.4) is 0 Å². The van der Waals surface area contributed by atoms with Gasteiger partial charge in [-0.3, -0.25) is 4.98 Å². The van der Waals surface area contributed by atoms with Crippen molar-refractivity contribution in [1.82, 2.24) is 9.97 Å². The number of rotatable bonds is 5. The maximum atomic E-state index is 5.63. The quantitative estimate of drug-likeness (QED) is 0.777. The molecule has 0 aromatic carbocycles. The second-order valence-electron chi connectivity index (χ2n) is 4.08. The molecule has 0 spiro atoms. The third-order valence-electron chi connectivity index (χ3n) is 1.99. The number of aromatic nitrogens is 2. The highest BCUT2D eigenvalue weighted by Gasteiger charge is 2.06. The van der Waals surface area contributed by atoms with E-state index >= 15 is 0 Å². The lowest BCUT2D eigenvalue weighted by molar-refractivity contribution is 0.0377. The van der Waals surface area contributed by atoms with E-state index in [0.29, 0.717) is 17.7 Å². The van der Waals surface area contributed by atoms with E-state index in [2.05, 4.69) is 30.7 Å². The Morgan fingerprint density at radius 3 is 2.53 bits per heavy atom. The average Bonchev–Trinajstić information content (AvgIpc) is 2.16. The van der Waals surface area contributed by atoms with Crippen LogP contribution in [0, 0.1) is 5.92 Å². The summed E-state index contributed by atoms with van der Waals surface area (Å²) in [7, 11) is 0. The Labute approximate surface area is 95.8 Å². The molecule has 0 aliphatic carbocycles. The second-order valence-corrected chi connectivity index (χ2v) is 4.47. The van der Waals surface area contributed by atoms with Gasteiger partial charge in [-0.15, -0.1) is 0 Å². The summed E-state index contributed by atoms with van der Waals surface area (Å²) >= 11 is 5.63. The van der Waals surface area contributed by atoms with Crippen LogP contribution < -0.4 is 0 Å². The Balaban J connectivity index is 2.33. The van der Waals surface area contributed by atoms with Gasteiger partial charge in [-0.25, -0.2) is 4.98 Å². The molecule has 4 heteroatoms. The zero-order chi connectivity index (χ0) is 11.3. The fraction of sp³-hybridized carbons (Fsp3) is 0.636. The number of ether oxygens (including phenoxy) is 1. The lowest BCUT2D eigenvalue weighted by Gasteiger charge is -2.14. The third-order valence-corrected chi connectivity index (χ3v) is 2.19. The Morgan fingerprint density at radius 2 is 2.00 bits per heavy atom. The van der Waals surface area contributed by atoms with Crippen molar-refractivity contribution in [2.24, 2.45) is 5.92 Å². The van der Waals surface area contributed by atoms with Gasteiger partial charge < -0.3 is 4.74 Å². The van der Waals surface area contributed by atoms with Crippen molar-refractivity contribution in [3.63, 3.8) is 0 Å². The molecule has 0 N–H and O–H groups in total. The van der Waals surface area contributed by atoms with Gasteiger partial charge in [0.05, 0.1) is 30.8 Å². The highest BCUT2D eigenvalue weighted by molar-refractivity contribution is 6.29. The first-order chi connectivity index (χ1) is 7.08. The first-order valence-electron chi connectivity index (χ1n) is 5.16. The lowest BCUT2D eigenvalue weighted by atomic mass is 10.1. The molecule has 0 aliphatic rings. The van der Waals surface area contributed by atoms with Gasteiger partial charge in [0, 0.05) is 0 Å². The maximum Gasteiger partial charge on any atom is 0.147 e. The number of hydrogen-bond acceptors (Lipinski definition) is 3. The van der Waals surface area contributed by atoms with E-state index in [4.69, 9.17) is 16.3 Å².